The number of hydrogen-bond donors (Lipinski definition) is 1. The summed E-state index contributed by atoms with van der Waals surface area (Å²) in [4.78, 5) is 27.9. The molecule has 5 aliphatic rings. The van der Waals surface area contributed by atoms with Crippen LogP contribution in [0.1, 0.15) is 56.9 Å². The molecule has 0 unspecified atom stereocenters. The van der Waals surface area contributed by atoms with E-state index in [4.69, 9.17) is 17.0 Å². The number of carbonyl (C=O) groups excluding carboxylic acids is 2. The van der Waals surface area contributed by atoms with Crippen LogP contribution < -0.4 is 10.1 Å². The normalized spacial score (nSPS) is 32.1. The lowest BCUT2D eigenvalue weighted by molar-refractivity contribution is -0.127. The van der Waals surface area contributed by atoms with Gasteiger partial charge in [-0.3, -0.25) is 14.5 Å². The second kappa shape index (κ2) is 8.82. The third kappa shape index (κ3) is 4.46. The van der Waals surface area contributed by atoms with Gasteiger partial charge in [0, 0.05) is 18.5 Å². The first kappa shape index (κ1) is 22.0. The summed E-state index contributed by atoms with van der Waals surface area (Å²) in [6.07, 6.45) is 10.5. The van der Waals surface area contributed by atoms with Gasteiger partial charge in [0.25, 0.3) is 5.91 Å². The molecule has 0 aromatic heterocycles. The maximum atomic E-state index is 12.9. The summed E-state index contributed by atoms with van der Waals surface area (Å²) in [5.74, 6) is 3.24. The van der Waals surface area contributed by atoms with Crippen LogP contribution in [0, 0.1) is 17.8 Å². The van der Waals surface area contributed by atoms with Gasteiger partial charge in [0.15, 0.2) is 0 Å². The molecule has 0 atom stereocenters. The minimum absolute atomic E-state index is 0.0487. The van der Waals surface area contributed by atoms with Crippen LogP contribution in [0.4, 0.5) is 0 Å². The van der Waals surface area contributed by atoms with Crippen LogP contribution in [0.3, 0.4) is 0 Å². The van der Waals surface area contributed by atoms with Crippen molar-refractivity contribution in [3.05, 3.63) is 34.7 Å². The molecule has 1 saturated heterocycles. The van der Waals surface area contributed by atoms with Crippen molar-refractivity contribution in [2.24, 2.45) is 17.8 Å². The molecule has 170 valence electrons. The molecule has 4 saturated carbocycles. The molecule has 1 aromatic carbocycles. The molecule has 1 N–H and O–H groups in total. The average molecular weight is 471 g/mol. The zero-order valence-electron chi connectivity index (χ0n) is 18.5. The molecule has 1 aliphatic heterocycles. The summed E-state index contributed by atoms with van der Waals surface area (Å²) >= 11 is 6.77. The van der Waals surface area contributed by atoms with Crippen LogP contribution in [0.5, 0.6) is 5.75 Å². The first-order chi connectivity index (χ1) is 15.4. The number of carbonyl (C=O) groups is 2. The first-order valence-corrected chi connectivity index (χ1v) is 12.9. The van der Waals surface area contributed by atoms with Gasteiger partial charge in [-0.15, -0.1) is 0 Å². The molecular weight excluding hydrogens is 440 g/mol. The number of nitrogens with zero attached hydrogens (tertiary/aromatic N) is 1. The van der Waals surface area contributed by atoms with Crippen molar-refractivity contribution >= 4 is 46.2 Å². The molecule has 4 bridgehead atoms. The third-order valence-electron chi connectivity index (χ3n) is 7.49. The SMILES string of the molecule is COc1cccc(/C=C2\SC(=S)N(CCCC(=O)NC34CC5CC(CC(C5)C3)C4)C2=O)c1. The molecular formula is C25H30N2O3S2. The Morgan fingerprint density at radius 1 is 1.25 bits per heavy atom. The van der Waals surface area contributed by atoms with E-state index in [9.17, 15) is 9.59 Å². The highest BCUT2D eigenvalue weighted by molar-refractivity contribution is 8.26. The van der Waals surface area contributed by atoms with Crippen molar-refractivity contribution in [1.82, 2.24) is 10.2 Å². The van der Waals surface area contributed by atoms with Crippen molar-refractivity contribution in [1.29, 1.82) is 0 Å². The van der Waals surface area contributed by atoms with Gasteiger partial charge in [-0.25, -0.2) is 0 Å². The second-order valence-electron chi connectivity index (χ2n) is 9.96. The number of thioether (sulfide) groups is 1. The monoisotopic (exact) mass is 470 g/mol. The minimum atomic E-state index is -0.0793. The minimum Gasteiger partial charge on any atom is -0.497 e. The highest BCUT2D eigenvalue weighted by Gasteiger charge is 2.51. The molecule has 5 fully saturated rings. The summed E-state index contributed by atoms with van der Waals surface area (Å²) in [5.41, 5.74) is 0.951. The summed E-state index contributed by atoms with van der Waals surface area (Å²) in [6, 6.07) is 7.59. The summed E-state index contributed by atoms with van der Waals surface area (Å²) in [7, 11) is 1.62. The number of rotatable bonds is 7. The molecule has 0 spiro atoms. The number of hydrogen-bond acceptors (Lipinski definition) is 5. The third-order valence-corrected chi connectivity index (χ3v) is 8.87. The molecule has 6 rings (SSSR count). The van der Waals surface area contributed by atoms with Gasteiger partial charge in [-0.1, -0.05) is 36.1 Å². The van der Waals surface area contributed by atoms with Gasteiger partial charge in [0.05, 0.1) is 12.0 Å². The molecule has 5 nitrogen and oxygen atoms in total. The van der Waals surface area contributed by atoms with E-state index in [0.29, 0.717) is 28.6 Å². The topological polar surface area (TPSA) is 58.6 Å². The van der Waals surface area contributed by atoms with Gasteiger partial charge in [0.1, 0.15) is 10.1 Å². The van der Waals surface area contributed by atoms with Gasteiger partial charge in [-0.2, -0.15) is 0 Å². The predicted molar refractivity (Wildman–Crippen MR) is 131 cm³/mol. The molecule has 32 heavy (non-hydrogen) atoms. The van der Waals surface area contributed by atoms with Crippen molar-refractivity contribution in [2.45, 2.75) is 56.9 Å². The molecule has 1 heterocycles. The Bertz CT molecular complexity index is 938. The van der Waals surface area contributed by atoms with Gasteiger partial charge < -0.3 is 10.1 Å². The van der Waals surface area contributed by atoms with E-state index in [1.165, 1.54) is 31.0 Å². The maximum absolute atomic E-state index is 12.9. The molecule has 4 aliphatic carbocycles. The standard InChI is InChI=1S/C25H30N2O3S2/c1-30-20-5-2-4-16(11-20)12-21-23(29)27(24(31)32-21)7-3-6-22(28)26-25-13-17-8-18(14-25)10-19(9-17)15-25/h2,4-5,11-12,17-19H,3,6-10,13-15H2,1H3,(H,26,28)/b21-12-. The fraction of sp³-hybridized carbons (Fsp3) is 0.560. The Labute approximate surface area is 199 Å². The van der Waals surface area contributed by atoms with Crippen LogP contribution in [0.15, 0.2) is 29.2 Å². The summed E-state index contributed by atoms with van der Waals surface area (Å²) in [6.45, 7) is 0.481. The first-order valence-electron chi connectivity index (χ1n) is 11.6. The summed E-state index contributed by atoms with van der Waals surface area (Å²) in [5, 5.41) is 3.42. The zero-order valence-corrected chi connectivity index (χ0v) is 20.1. The fourth-order valence-electron chi connectivity index (χ4n) is 6.60. The van der Waals surface area contributed by atoms with E-state index in [-0.39, 0.29) is 17.4 Å². The van der Waals surface area contributed by atoms with E-state index < -0.39 is 0 Å². The molecule has 0 radical (unpaired) electrons. The number of nitrogens with one attached hydrogen (secondary N) is 1. The van der Waals surface area contributed by atoms with Gasteiger partial charge >= 0.3 is 0 Å². The molecule has 1 aromatic rings. The van der Waals surface area contributed by atoms with Crippen molar-refractivity contribution in [2.75, 3.05) is 13.7 Å². The number of ether oxygens (including phenoxy) is 1. The van der Waals surface area contributed by atoms with Crippen LogP contribution >= 0.6 is 24.0 Å². The molecule has 7 heteroatoms. The number of thiocarbonyl (C=S) groups is 1. The van der Waals surface area contributed by atoms with Crippen LogP contribution in [0.2, 0.25) is 0 Å². The lowest BCUT2D eigenvalue weighted by atomic mass is 9.53. The number of amides is 2. The van der Waals surface area contributed by atoms with Crippen LogP contribution in [0.25, 0.3) is 6.08 Å². The zero-order chi connectivity index (χ0) is 22.3. The van der Waals surface area contributed by atoms with E-state index >= 15 is 0 Å². The quantitative estimate of drug-likeness (QED) is 0.460. The smallest absolute Gasteiger partial charge is 0.266 e. The summed E-state index contributed by atoms with van der Waals surface area (Å²) < 4.78 is 5.82. The van der Waals surface area contributed by atoms with E-state index in [1.54, 1.807) is 12.0 Å². The fourth-order valence-corrected chi connectivity index (χ4v) is 7.90. The number of benzene rings is 1. The highest BCUT2D eigenvalue weighted by Crippen LogP contribution is 2.55. The van der Waals surface area contributed by atoms with Crippen molar-refractivity contribution < 1.29 is 14.3 Å². The lowest BCUT2D eigenvalue weighted by Gasteiger charge is -2.56. The average Bonchev–Trinajstić information content (AvgIpc) is 3.00. The maximum Gasteiger partial charge on any atom is 0.266 e. The second-order valence-corrected chi connectivity index (χ2v) is 11.6. The van der Waals surface area contributed by atoms with Crippen molar-refractivity contribution in [3.8, 4) is 5.75 Å². The van der Waals surface area contributed by atoms with Crippen LogP contribution in [-0.2, 0) is 9.59 Å². The Hall–Kier alpha value is -1.86. The Morgan fingerprint density at radius 3 is 2.59 bits per heavy atom. The Balaban J connectivity index is 1.14. The van der Waals surface area contributed by atoms with Gasteiger partial charge in [0.2, 0.25) is 5.91 Å². The Morgan fingerprint density at radius 2 is 1.94 bits per heavy atom. The van der Waals surface area contributed by atoms with E-state index in [2.05, 4.69) is 5.32 Å². The van der Waals surface area contributed by atoms with E-state index in [1.807, 2.05) is 30.3 Å². The van der Waals surface area contributed by atoms with Gasteiger partial charge in [-0.05, 0) is 86.5 Å². The van der Waals surface area contributed by atoms with E-state index in [0.717, 1.165) is 48.3 Å². The largest absolute Gasteiger partial charge is 0.497 e. The predicted octanol–water partition coefficient (Wildman–Crippen LogP) is 4.76. The van der Waals surface area contributed by atoms with Crippen molar-refractivity contribution in [3.63, 3.8) is 0 Å². The Kier molecular flexibility index (Phi) is 6.05. The number of methoxy groups -OCH3 is 1. The lowest BCUT2D eigenvalue weighted by Crippen LogP contribution is -2.59. The van der Waals surface area contributed by atoms with Crippen LogP contribution in [-0.4, -0.2) is 40.2 Å². The molecule has 2 amide bonds. The highest BCUT2D eigenvalue weighted by atomic mass is 32.2.